The van der Waals surface area contributed by atoms with Crippen LogP contribution in [0.1, 0.15) is 24.6 Å². The molecule has 2 heterocycles. The summed E-state index contributed by atoms with van der Waals surface area (Å²) in [7, 11) is 0. The van der Waals surface area contributed by atoms with E-state index in [4.69, 9.17) is 0 Å². The standard InChI is InChI=1S/C13H15BrN4/c14-11-3-1-2-10(8-11)13-16-12(17-18-13)9-4-6-15-7-5-9/h1-3,8-9,15H,4-7H2,(H,16,17,18). The highest BCUT2D eigenvalue weighted by Crippen LogP contribution is 2.25. The van der Waals surface area contributed by atoms with Gasteiger partial charge in [-0.05, 0) is 38.1 Å². The average Bonchev–Trinajstić information content (AvgIpc) is 2.89. The fourth-order valence-electron chi connectivity index (χ4n) is 2.31. The van der Waals surface area contributed by atoms with Crippen molar-refractivity contribution in [1.29, 1.82) is 0 Å². The van der Waals surface area contributed by atoms with Crippen molar-refractivity contribution >= 4 is 15.9 Å². The Bertz CT molecular complexity index is 531. The Morgan fingerprint density at radius 1 is 1.22 bits per heavy atom. The minimum atomic E-state index is 0.514. The first-order chi connectivity index (χ1) is 8.83. The molecule has 0 unspecified atom stereocenters. The van der Waals surface area contributed by atoms with Crippen LogP contribution < -0.4 is 5.32 Å². The van der Waals surface area contributed by atoms with Crippen LogP contribution in [0.5, 0.6) is 0 Å². The number of nitrogens with one attached hydrogen (secondary N) is 2. The predicted octanol–water partition coefficient (Wildman–Crippen LogP) is 2.70. The fourth-order valence-corrected chi connectivity index (χ4v) is 2.71. The largest absolute Gasteiger partial charge is 0.317 e. The number of nitrogens with zero attached hydrogens (tertiary/aromatic N) is 2. The molecule has 0 radical (unpaired) electrons. The predicted molar refractivity (Wildman–Crippen MR) is 74.4 cm³/mol. The summed E-state index contributed by atoms with van der Waals surface area (Å²) in [6, 6.07) is 8.07. The van der Waals surface area contributed by atoms with Crippen molar-refractivity contribution in [1.82, 2.24) is 20.5 Å². The molecule has 0 saturated carbocycles. The van der Waals surface area contributed by atoms with E-state index in [9.17, 15) is 0 Å². The molecular formula is C13H15BrN4. The molecule has 0 spiro atoms. The molecule has 5 heteroatoms. The lowest BCUT2D eigenvalue weighted by Gasteiger charge is -2.19. The molecule has 94 valence electrons. The number of hydrogen-bond donors (Lipinski definition) is 2. The zero-order chi connectivity index (χ0) is 12.4. The number of hydrogen-bond acceptors (Lipinski definition) is 3. The zero-order valence-electron chi connectivity index (χ0n) is 9.99. The van der Waals surface area contributed by atoms with Crippen LogP contribution in [0, 0.1) is 0 Å². The Morgan fingerprint density at radius 3 is 2.83 bits per heavy atom. The van der Waals surface area contributed by atoms with E-state index in [1.807, 2.05) is 24.3 Å². The summed E-state index contributed by atoms with van der Waals surface area (Å²) in [4.78, 5) is 4.63. The third kappa shape index (κ3) is 2.47. The van der Waals surface area contributed by atoms with Gasteiger partial charge in [0.15, 0.2) is 5.82 Å². The number of halogens is 1. The minimum Gasteiger partial charge on any atom is -0.317 e. The minimum absolute atomic E-state index is 0.514. The van der Waals surface area contributed by atoms with Crippen LogP contribution in [-0.4, -0.2) is 28.3 Å². The summed E-state index contributed by atoms with van der Waals surface area (Å²) in [6.07, 6.45) is 2.26. The summed E-state index contributed by atoms with van der Waals surface area (Å²) < 4.78 is 1.05. The Balaban J connectivity index is 1.84. The van der Waals surface area contributed by atoms with Gasteiger partial charge in [-0.3, -0.25) is 5.10 Å². The maximum absolute atomic E-state index is 4.63. The average molecular weight is 307 g/mol. The molecule has 1 saturated heterocycles. The smallest absolute Gasteiger partial charge is 0.181 e. The van der Waals surface area contributed by atoms with Crippen LogP contribution in [0.15, 0.2) is 28.7 Å². The molecule has 4 nitrogen and oxygen atoms in total. The molecule has 0 atom stereocenters. The van der Waals surface area contributed by atoms with Gasteiger partial charge in [-0.1, -0.05) is 28.1 Å². The molecule has 0 aliphatic carbocycles. The van der Waals surface area contributed by atoms with Crippen molar-refractivity contribution in [2.45, 2.75) is 18.8 Å². The van der Waals surface area contributed by atoms with Crippen LogP contribution in [0.25, 0.3) is 11.4 Å². The van der Waals surface area contributed by atoms with Crippen molar-refractivity contribution in [2.24, 2.45) is 0 Å². The lowest BCUT2D eigenvalue weighted by molar-refractivity contribution is 0.446. The topological polar surface area (TPSA) is 53.6 Å². The molecule has 3 rings (SSSR count). The highest BCUT2D eigenvalue weighted by Gasteiger charge is 2.19. The van der Waals surface area contributed by atoms with E-state index < -0.39 is 0 Å². The van der Waals surface area contributed by atoms with E-state index in [0.29, 0.717) is 5.92 Å². The Hall–Kier alpha value is -1.20. The summed E-state index contributed by atoms with van der Waals surface area (Å²) in [5, 5.41) is 10.8. The molecule has 0 amide bonds. The molecule has 1 aromatic carbocycles. The highest BCUT2D eigenvalue weighted by atomic mass is 79.9. The lowest BCUT2D eigenvalue weighted by Crippen LogP contribution is -2.27. The maximum Gasteiger partial charge on any atom is 0.181 e. The first-order valence-corrected chi connectivity index (χ1v) is 7.01. The van der Waals surface area contributed by atoms with Crippen LogP contribution in [0.2, 0.25) is 0 Å². The normalized spacial score (nSPS) is 16.9. The van der Waals surface area contributed by atoms with Crippen molar-refractivity contribution < 1.29 is 0 Å². The van der Waals surface area contributed by atoms with Gasteiger partial charge in [-0.15, -0.1) is 0 Å². The van der Waals surface area contributed by atoms with Gasteiger partial charge in [0.1, 0.15) is 5.82 Å². The van der Waals surface area contributed by atoms with Crippen molar-refractivity contribution in [3.05, 3.63) is 34.6 Å². The van der Waals surface area contributed by atoms with Gasteiger partial charge in [-0.2, -0.15) is 5.10 Å². The Labute approximate surface area is 114 Å². The van der Waals surface area contributed by atoms with E-state index in [1.54, 1.807) is 0 Å². The van der Waals surface area contributed by atoms with E-state index in [0.717, 1.165) is 47.6 Å². The maximum atomic E-state index is 4.63. The van der Waals surface area contributed by atoms with Crippen LogP contribution >= 0.6 is 15.9 Å². The molecule has 18 heavy (non-hydrogen) atoms. The summed E-state index contributed by atoms with van der Waals surface area (Å²) in [5.41, 5.74) is 1.04. The molecule has 2 N–H and O–H groups in total. The van der Waals surface area contributed by atoms with Crippen LogP contribution in [-0.2, 0) is 0 Å². The summed E-state index contributed by atoms with van der Waals surface area (Å²) in [6.45, 7) is 2.13. The first kappa shape index (κ1) is 11.9. The molecule has 1 fully saturated rings. The number of benzene rings is 1. The quantitative estimate of drug-likeness (QED) is 0.897. The zero-order valence-corrected chi connectivity index (χ0v) is 11.6. The van der Waals surface area contributed by atoms with Gasteiger partial charge in [0.2, 0.25) is 0 Å². The second-order valence-electron chi connectivity index (χ2n) is 4.58. The van der Waals surface area contributed by atoms with Crippen LogP contribution in [0.3, 0.4) is 0 Å². The van der Waals surface area contributed by atoms with Crippen LogP contribution in [0.4, 0.5) is 0 Å². The fraction of sp³-hybridized carbons (Fsp3) is 0.385. The molecular weight excluding hydrogens is 292 g/mol. The molecule has 1 aliphatic rings. The molecule has 1 aliphatic heterocycles. The molecule has 0 bridgehead atoms. The van der Waals surface area contributed by atoms with Crippen molar-refractivity contribution in [3.63, 3.8) is 0 Å². The molecule has 2 aromatic rings. The SMILES string of the molecule is Brc1cccc(-c2n[nH]c(C3CCNCC3)n2)c1. The first-order valence-electron chi connectivity index (χ1n) is 6.22. The summed E-state index contributed by atoms with van der Waals surface area (Å²) in [5.74, 6) is 2.32. The highest BCUT2D eigenvalue weighted by molar-refractivity contribution is 9.10. The number of piperidine rings is 1. The number of rotatable bonds is 2. The van der Waals surface area contributed by atoms with Gasteiger partial charge in [0.05, 0.1) is 0 Å². The van der Waals surface area contributed by atoms with E-state index in [1.165, 1.54) is 0 Å². The lowest BCUT2D eigenvalue weighted by atomic mass is 9.98. The van der Waals surface area contributed by atoms with Gasteiger partial charge in [-0.25, -0.2) is 4.98 Å². The third-order valence-corrected chi connectivity index (χ3v) is 3.80. The summed E-state index contributed by atoms with van der Waals surface area (Å²) >= 11 is 3.47. The van der Waals surface area contributed by atoms with E-state index >= 15 is 0 Å². The second kappa shape index (κ2) is 5.20. The van der Waals surface area contributed by atoms with Gasteiger partial charge in [0.25, 0.3) is 0 Å². The van der Waals surface area contributed by atoms with Gasteiger partial charge in [0, 0.05) is 16.0 Å². The second-order valence-corrected chi connectivity index (χ2v) is 5.49. The third-order valence-electron chi connectivity index (χ3n) is 3.31. The monoisotopic (exact) mass is 306 g/mol. The number of aromatic amines is 1. The Kier molecular flexibility index (Phi) is 3.43. The van der Waals surface area contributed by atoms with E-state index in [2.05, 4.69) is 36.4 Å². The van der Waals surface area contributed by atoms with Gasteiger partial charge < -0.3 is 5.32 Å². The van der Waals surface area contributed by atoms with Gasteiger partial charge >= 0.3 is 0 Å². The Morgan fingerprint density at radius 2 is 2.06 bits per heavy atom. The van der Waals surface area contributed by atoms with Crippen molar-refractivity contribution in [3.8, 4) is 11.4 Å². The van der Waals surface area contributed by atoms with Crippen molar-refractivity contribution in [2.75, 3.05) is 13.1 Å². The molecule has 1 aromatic heterocycles. The number of aromatic nitrogens is 3. The van der Waals surface area contributed by atoms with E-state index in [-0.39, 0.29) is 0 Å². The number of H-pyrrole nitrogens is 1.